The van der Waals surface area contributed by atoms with Crippen LogP contribution in [0.15, 0.2) is 46.9 Å². The van der Waals surface area contributed by atoms with Crippen LogP contribution in [0.2, 0.25) is 5.02 Å². The molecule has 2 fully saturated rings. The summed E-state index contributed by atoms with van der Waals surface area (Å²) in [7, 11) is 3.46. The number of hydrogen-bond acceptors (Lipinski definition) is 4. The number of halogens is 2. The van der Waals surface area contributed by atoms with E-state index in [0.29, 0.717) is 41.1 Å². The molecule has 2 aromatic rings. The second-order valence-electron chi connectivity index (χ2n) is 12.7. The van der Waals surface area contributed by atoms with Crippen LogP contribution >= 0.6 is 27.5 Å². The lowest BCUT2D eigenvalue weighted by Crippen LogP contribution is -2.55. The van der Waals surface area contributed by atoms with Crippen LogP contribution in [0.5, 0.6) is 0 Å². The van der Waals surface area contributed by atoms with Crippen LogP contribution in [0.1, 0.15) is 68.8 Å². The van der Waals surface area contributed by atoms with E-state index >= 15 is 0 Å². The van der Waals surface area contributed by atoms with E-state index in [1.165, 1.54) is 6.42 Å². The van der Waals surface area contributed by atoms with Crippen molar-refractivity contribution < 1.29 is 14.7 Å². The molecule has 2 aromatic carbocycles. The number of carbonyl (C=O) groups excluding carboxylic acids is 2. The number of aliphatic hydroxyl groups is 1. The molecule has 40 heavy (non-hydrogen) atoms. The molecule has 0 saturated carbocycles. The number of nitrogens with zero attached hydrogens (tertiary/aromatic N) is 3. The zero-order valence-electron chi connectivity index (χ0n) is 24.4. The first-order valence-electron chi connectivity index (χ1n) is 14.3. The average molecular weight is 633 g/mol. The summed E-state index contributed by atoms with van der Waals surface area (Å²) in [4.78, 5) is 31.9. The lowest BCUT2D eigenvalue weighted by Gasteiger charge is -2.44. The predicted octanol–water partition coefficient (Wildman–Crippen LogP) is 6.58. The highest BCUT2D eigenvalue weighted by Crippen LogP contribution is 2.42. The minimum atomic E-state index is -1.59. The smallest absolute Gasteiger partial charge is 0.259 e. The molecule has 1 atom stereocenters. The molecule has 0 radical (unpaired) electrons. The summed E-state index contributed by atoms with van der Waals surface area (Å²) in [5.41, 5.74) is 0.00271. The van der Waals surface area contributed by atoms with Gasteiger partial charge in [-0.3, -0.25) is 9.59 Å². The van der Waals surface area contributed by atoms with Crippen LogP contribution in [0.3, 0.4) is 0 Å². The van der Waals surface area contributed by atoms with Crippen molar-refractivity contribution in [3.8, 4) is 0 Å². The molecule has 0 bridgehead atoms. The lowest BCUT2D eigenvalue weighted by atomic mass is 9.71. The van der Waals surface area contributed by atoms with E-state index in [-0.39, 0.29) is 11.8 Å². The Bertz CT molecular complexity index is 1210. The van der Waals surface area contributed by atoms with Crippen molar-refractivity contribution in [1.29, 1.82) is 0 Å². The van der Waals surface area contributed by atoms with Gasteiger partial charge in [-0.25, -0.2) is 0 Å². The number of piperidine rings is 2. The van der Waals surface area contributed by atoms with Gasteiger partial charge in [-0.15, -0.1) is 0 Å². The number of anilines is 1. The lowest BCUT2D eigenvalue weighted by molar-refractivity contribution is -0.167. The van der Waals surface area contributed by atoms with Gasteiger partial charge < -0.3 is 19.8 Å². The summed E-state index contributed by atoms with van der Waals surface area (Å²) in [6.07, 6.45) is 5.38. The fraction of sp³-hybridized carbons (Fsp3) is 0.562. The van der Waals surface area contributed by atoms with Gasteiger partial charge in [0.1, 0.15) is 0 Å². The van der Waals surface area contributed by atoms with Gasteiger partial charge in [-0.2, -0.15) is 0 Å². The van der Waals surface area contributed by atoms with Gasteiger partial charge in [0.2, 0.25) is 0 Å². The normalized spacial score (nSPS) is 18.9. The van der Waals surface area contributed by atoms with Crippen LogP contribution < -0.4 is 4.90 Å². The zero-order valence-corrected chi connectivity index (χ0v) is 26.8. The van der Waals surface area contributed by atoms with Gasteiger partial charge in [-0.1, -0.05) is 60.4 Å². The molecule has 8 heteroatoms. The summed E-state index contributed by atoms with van der Waals surface area (Å²) >= 11 is 9.95. The molecule has 6 nitrogen and oxygen atoms in total. The molecule has 1 N–H and O–H groups in total. The van der Waals surface area contributed by atoms with Crippen molar-refractivity contribution in [3.63, 3.8) is 0 Å². The molecule has 218 valence electrons. The zero-order chi connectivity index (χ0) is 29.2. The van der Waals surface area contributed by atoms with Crippen molar-refractivity contribution in [2.24, 2.45) is 17.3 Å². The Morgan fingerprint density at radius 2 is 1.57 bits per heavy atom. The van der Waals surface area contributed by atoms with Crippen molar-refractivity contribution in [2.75, 3.05) is 45.2 Å². The molecule has 2 heterocycles. The second kappa shape index (κ2) is 12.4. The molecular formula is C32H43BrClN3O3. The van der Waals surface area contributed by atoms with Crippen LogP contribution in [0.25, 0.3) is 0 Å². The largest absolute Gasteiger partial charge is 0.375 e. The van der Waals surface area contributed by atoms with Crippen LogP contribution in [-0.2, 0) is 10.4 Å². The van der Waals surface area contributed by atoms with Gasteiger partial charge in [0.25, 0.3) is 11.8 Å². The minimum Gasteiger partial charge on any atom is -0.375 e. The third-order valence-corrected chi connectivity index (χ3v) is 9.58. The van der Waals surface area contributed by atoms with E-state index in [1.807, 2.05) is 68.1 Å². The Morgan fingerprint density at radius 1 is 0.975 bits per heavy atom. The summed E-state index contributed by atoms with van der Waals surface area (Å²) in [6, 6.07) is 13.2. The van der Waals surface area contributed by atoms with Gasteiger partial charge in [0.05, 0.1) is 10.6 Å². The molecule has 0 aromatic heterocycles. The minimum absolute atomic E-state index is 0.0840. The third-order valence-electron chi connectivity index (χ3n) is 8.77. The fourth-order valence-corrected chi connectivity index (χ4v) is 6.86. The van der Waals surface area contributed by atoms with E-state index < -0.39 is 11.0 Å². The van der Waals surface area contributed by atoms with Gasteiger partial charge in [-0.05, 0) is 79.8 Å². The Balaban J connectivity index is 1.30. The maximum Gasteiger partial charge on any atom is 0.259 e. The summed E-state index contributed by atoms with van der Waals surface area (Å²) in [5.74, 6) is 0.989. The first-order chi connectivity index (χ1) is 18.8. The fourth-order valence-electron chi connectivity index (χ4n) is 6.20. The molecule has 4 rings (SSSR count). The van der Waals surface area contributed by atoms with E-state index in [1.54, 1.807) is 19.0 Å². The second-order valence-corrected chi connectivity index (χ2v) is 14.1. The SMILES string of the molecule is CN(C)C(=O)c1ccc(N2CCC(CC3CCN(C(=O)[C@](O)(c4cccc(Br)c4)C(C)(C)C)CC3)CC2)cc1Cl. The Kier molecular flexibility index (Phi) is 9.58. The van der Waals surface area contributed by atoms with Crippen molar-refractivity contribution in [2.45, 2.75) is 58.5 Å². The average Bonchev–Trinajstić information content (AvgIpc) is 2.92. The van der Waals surface area contributed by atoms with E-state index in [2.05, 4.69) is 20.8 Å². The van der Waals surface area contributed by atoms with E-state index in [0.717, 1.165) is 48.9 Å². The first-order valence-corrected chi connectivity index (χ1v) is 15.5. The number of benzene rings is 2. The summed E-state index contributed by atoms with van der Waals surface area (Å²) in [5, 5.41) is 12.3. The van der Waals surface area contributed by atoms with Crippen LogP contribution in [0, 0.1) is 17.3 Å². The van der Waals surface area contributed by atoms with Crippen molar-refractivity contribution in [3.05, 3.63) is 63.1 Å². The molecule has 2 saturated heterocycles. The molecule has 0 spiro atoms. The topological polar surface area (TPSA) is 64.1 Å². The summed E-state index contributed by atoms with van der Waals surface area (Å²) < 4.78 is 0.852. The quantitative estimate of drug-likeness (QED) is 0.391. The molecular weight excluding hydrogens is 590 g/mol. The highest BCUT2D eigenvalue weighted by atomic mass is 79.9. The molecule has 0 unspecified atom stereocenters. The van der Waals surface area contributed by atoms with Crippen LogP contribution in [-0.4, -0.2) is 67.0 Å². The van der Waals surface area contributed by atoms with E-state index in [4.69, 9.17) is 11.6 Å². The first kappa shape index (κ1) is 30.9. The Morgan fingerprint density at radius 3 is 2.10 bits per heavy atom. The van der Waals surface area contributed by atoms with Gasteiger partial charge in [0.15, 0.2) is 5.60 Å². The van der Waals surface area contributed by atoms with Gasteiger partial charge in [0, 0.05) is 55.8 Å². The van der Waals surface area contributed by atoms with Crippen molar-refractivity contribution in [1.82, 2.24) is 9.80 Å². The van der Waals surface area contributed by atoms with Crippen molar-refractivity contribution >= 4 is 45.0 Å². The summed E-state index contributed by atoms with van der Waals surface area (Å²) in [6.45, 7) is 9.11. The predicted molar refractivity (Wildman–Crippen MR) is 166 cm³/mol. The highest BCUT2D eigenvalue weighted by molar-refractivity contribution is 9.10. The number of rotatable bonds is 6. The van der Waals surface area contributed by atoms with Crippen LogP contribution in [0.4, 0.5) is 5.69 Å². The standard InChI is InChI=1S/C32H43BrClN3O3/c1-31(2,3)32(40,24-7-6-8-25(33)20-24)30(39)37-17-13-23(14-18-37)19-22-11-15-36(16-12-22)26-9-10-27(28(34)21-26)29(38)35(4)5/h6-10,20-23,40H,11-19H2,1-5H3/t32-/m1/s1. The highest BCUT2D eigenvalue weighted by Gasteiger charge is 2.50. The van der Waals surface area contributed by atoms with E-state index in [9.17, 15) is 14.7 Å². The molecule has 0 aliphatic carbocycles. The Labute approximate surface area is 252 Å². The monoisotopic (exact) mass is 631 g/mol. The maximum absolute atomic E-state index is 13.8. The maximum atomic E-state index is 13.8. The number of likely N-dealkylation sites (tertiary alicyclic amines) is 1. The molecule has 2 amide bonds. The number of amides is 2. The number of carbonyl (C=O) groups is 2. The number of hydrogen-bond donors (Lipinski definition) is 1. The molecule has 2 aliphatic heterocycles. The Hall–Kier alpha value is -2.09. The van der Waals surface area contributed by atoms with Gasteiger partial charge >= 0.3 is 0 Å². The molecule has 2 aliphatic rings. The third kappa shape index (κ3) is 6.52.